The standard InChI is InChI=1S/C17H20N2O3/c20-16-8-4-5-11-19(16)12-14-9-10-15(22-14)17(21)18-13-6-2-1-3-7-13/h4-5,8-11,13H,1-3,6-7,12H2,(H,18,21). The molecule has 1 aliphatic carbocycles. The predicted octanol–water partition coefficient (Wildman–Crippen LogP) is 2.55. The van der Waals surface area contributed by atoms with Crippen LogP contribution in [0, 0.1) is 0 Å². The van der Waals surface area contributed by atoms with Crippen LogP contribution in [0.5, 0.6) is 0 Å². The lowest BCUT2D eigenvalue weighted by molar-refractivity contribution is 0.0897. The molecule has 22 heavy (non-hydrogen) atoms. The van der Waals surface area contributed by atoms with Gasteiger partial charge in [0.15, 0.2) is 5.76 Å². The monoisotopic (exact) mass is 300 g/mol. The first kappa shape index (κ1) is 14.6. The lowest BCUT2D eigenvalue weighted by atomic mass is 9.95. The van der Waals surface area contributed by atoms with Crippen LogP contribution in [-0.2, 0) is 6.54 Å². The average Bonchev–Trinajstić information content (AvgIpc) is 2.99. The number of nitrogens with zero attached hydrogens (tertiary/aromatic N) is 1. The van der Waals surface area contributed by atoms with Crippen molar-refractivity contribution in [2.75, 3.05) is 0 Å². The first-order valence-electron chi connectivity index (χ1n) is 7.77. The maximum absolute atomic E-state index is 12.2. The fourth-order valence-electron chi connectivity index (χ4n) is 2.85. The van der Waals surface area contributed by atoms with E-state index in [0.717, 1.165) is 12.8 Å². The molecule has 1 aliphatic rings. The van der Waals surface area contributed by atoms with Crippen LogP contribution < -0.4 is 10.9 Å². The quantitative estimate of drug-likeness (QED) is 0.943. The molecule has 0 aliphatic heterocycles. The summed E-state index contributed by atoms with van der Waals surface area (Å²) in [5.41, 5.74) is -0.0906. The minimum atomic E-state index is -0.168. The summed E-state index contributed by atoms with van der Waals surface area (Å²) in [6.45, 7) is 0.330. The van der Waals surface area contributed by atoms with Gasteiger partial charge in [-0.15, -0.1) is 0 Å². The molecular weight excluding hydrogens is 280 g/mol. The van der Waals surface area contributed by atoms with Crippen molar-refractivity contribution in [1.29, 1.82) is 0 Å². The first-order valence-corrected chi connectivity index (χ1v) is 7.77. The van der Waals surface area contributed by atoms with Crippen molar-refractivity contribution in [3.8, 4) is 0 Å². The molecule has 0 bridgehead atoms. The van der Waals surface area contributed by atoms with Gasteiger partial charge in [0.25, 0.3) is 11.5 Å². The topological polar surface area (TPSA) is 64.2 Å². The Morgan fingerprint density at radius 3 is 2.77 bits per heavy atom. The maximum Gasteiger partial charge on any atom is 0.287 e. The molecule has 0 saturated heterocycles. The number of nitrogens with one attached hydrogen (secondary N) is 1. The third kappa shape index (κ3) is 3.47. The van der Waals surface area contributed by atoms with E-state index in [-0.39, 0.29) is 17.5 Å². The van der Waals surface area contributed by atoms with Gasteiger partial charge in [0, 0.05) is 18.3 Å². The van der Waals surface area contributed by atoms with E-state index in [9.17, 15) is 9.59 Å². The van der Waals surface area contributed by atoms with Crippen LogP contribution in [0.3, 0.4) is 0 Å². The van der Waals surface area contributed by atoms with E-state index in [1.807, 2.05) is 0 Å². The van der Waals surface area contributed by atoms with Crippen molar-refractivity contribution in [3.05, 3.63) is 58.4 Å². The fourth-order valence-corrected chi connectivity index (χ4v) is 2.85. The summed E-state index contributed by atoms with van der Waals surface area (Å²) in [6, 6.07) is 8.66. The zero-order chi connectivity index (χ0) is 15.4. The third-order valence-corrected chi connectivity index (χ3v) is 4.05. The summed E-state index contributed by atoms with van der Waals surface area (Å²) >= 11 is 0. The minimum absolute atomic E-state index is 0.0906. The maximum atomic E-state index is 12.2. The second-order valence-electron chi connectivity index (χ2n) is 5.74. The van der Waals surface area contributed by atoms with E-state index in [1.165, 1.54) is 25.3 Å². The molecule has 1 saturated carbocycles. The highest BCUT2D eigenvalue weighted by Gasteiger charge is 2.18. The summed E-state index contributed by atoms with van der Waals surface area (Å²) in [7, 11) is 0. The van der Waals surface area contributed by atoms with E-state index < -0.39 is 0 Å². The Hall–Kier alpha value is -2.30. The summed E-state index contributed by atoms with van der Waals surface area (Å²) < 4.78 is 7.12. The molecule has 5 heteroatoms. The van der Waals surface area contributed by atoms with E-state index in [4.69, 9.17) is 4.42 Å². The number of carbonyl (C=O) groups is 1. The lowest BCUT2D eigenvalue weighted by Gasteiger charge is -2.22. The normalized spacial score (nSPS) is 15.6. The smallest absolute Gasteiger partial charge is 0.287 e. The second-order valence-corrected chi connectivity index (χ2v) is 5.74. The summed E-state index contributed by atoms with van der Waals surface area (Å²) in [4.78, 5) is 23.8. The third-order valence-electron chi connectivity index (χ3n) is 4.05. The predicted molar refractivity (Wildman–Crippen MR) is 82.9 cm³/mol. The van der Waals surface area contributed by atoms with Gasteiger partial charge in [-0.25, -0.2) is 0 Å². The highest BCUT2D eigenvalue weighted by molar-refractivity contribution is 5.91. The highest BCUT2D eigenvalue weighted by Crippen LogP contribution is 2.18. The van der Waals surface area contributed by atoms with Crippen molar-refractivity contribution in [1.82, 2.24) is 9.88 Å². The molecule has 0 aromatic carbocycles. The highest BCUT2D eigenvalue weighted by atomic mass is 16.4. The molecule has 1 N–H and O–H groups in total. The van der Waals surface area contributed by atoms with Crippen molar-refractivity contribution >= 4 is 5.91 Å². The Labute approximate surface area is 128 Å². The van der Waals surface area contributed by atoms with Crippen LogP contribution in [0.25, 0.3) is 0 Å². The zero-order valence-corrected chi connectivity index (χ0v) is 12.5. The largest absolute Gasteiger partial charge is 0.454 e. The van der Waals surface area contributed by atoms with Crippen LogP contribution in [0.4, 0.5) is 0 Å². The van der Waals surface area contributed by atoms with Crippen molar-refractivity contribution < 1.29 is 9.21 Å². The number of furan rings is 1. The van der Waals surface area contributed by atoms with Crippen LogP contribution in [-0.4, -0.2) is 16.5 Å². The van der Waals surface area contributed by atoms with Crippen molar-refractivity contribution in [3.63, 3.8) is 0 Å². The summed E-state index contributed by atoms with van der Waals surface area (Å²) in [5, 5.41) is 3.02. The minimum Gasteiger partial charge on any atom is -0.454 e. The van der Waals surface area contributed by atoms with Crippen LogP contribution >= 0.6 is 0 Å². The van der Waals surface area contributed by atoms with Gasteiger partial charge in [0.05, 0.1) is 6.54 Å². The van der Waals surface area contributed by atoms with Crippen LogP contribution in [0.15, 0.2) is 45.7 Å². The van der Waals surface area contributed by atoms with Gasteiger partial charge in [-0.05, 0) is 31.0 Å². The summed E-state index contributed by atoms with van der Waals surface area (Å²) in [5.74, 6) is 0.741. The molecule has 3 rings (SSSR count). The van der Waals surface area contributed by atoms with Crippen molar-refractivity contribution in [2.24, 2.45) is 0 Å². The van der Waals surface area contributed by atoms with E-state index in [2.05, 4.69) is 5.32 Å². The number of hydrogen-bond acceptors (Lipinski definition) is 3. The van der Waals surface area contributed by atoms with E-state index in [1.54, 1.807) is 35.0 Å². The zero-order valence-electron chi connectivity index (χ0n) is 12.5. The van der Waals surface area contributed by atoms with Gasteiger partial charge < -0.3 is 14.3 Å². The second kappa shape index (κ2) is 6.64. The molecule has 1 amide bonds. The molecule has 2 heterocycles. The van der Waals surface area contributed by atoms with Crippen molar-refractivity contribution in [2.45, 2.75) is 44.7 Å². The van der Waals surface area contributed by atoms with Gasteiger partial charge in [-0.1, -0.05) is 25.3 Å². The molecule has 0 unspecified atom stereocenters. The Kier molecular flexibility index (Phi) is 4.42. The van der Waals surface area contributed by atoms with Gasteiger partial charge in [-0.2, -0.15) is 0 Å². The molecule has 5 nitrogen and oxygen atoms in total. The van der Waals surface area contributed by atoms with E-state index in [0.29, 0.717) is 18.1 Å². The van der Waals surface area contributed by atoms with E-state index >= 15 is 0 Å². The Balaban J connectivity index is 1.64. The first-order chi connectivity index (χ1) is 10.7. The average molecular weight is 300 g/mol. The number of hydrogen-bond donors (Lipinski definition) is 1. The van der Waals surface area contributed by atoms with Crippen LogP contribution in [0.2, 0.25) is 0 Å². The van der Waals surface area contributed by atoms with Gasteiger partial charge in [0.2, 0.25) is 0 Å². The molecular formula is C17H20N2O3. The Morgan fingerprint density at radius 1 is 1.18 bits per heavy atom. The number of aromatic nitrogens is 1. The van der Waals surface area contributed by atoms with Gasteiger partial charge in [0.1, 0.15) is 5.76 Å². The Bertz CT molecular complexity index is 696. The van der Waals surface area contributed by atoms with Crippen LogP contribution in [0.1, 0.15) is 48.4 Å². The number of pyridine rings is 1. The van der Waals surface area contributed by atoms with Gasteiger partial charge >= 0.3 is 0 Å². The SMILES string of the molecule is O=C(NC1CCCCC1)c1ccc(Cn2ccccc2=O)o1. The summed E-state index contributed by atoms with van der Waals surface area (Å²) in [6.07, 6.45) is 7.38. The Morgan fingerprint density at radius 2 is 2.00 bits per heavy atom. The molecule has 0 radical (unpaired) electrons. The lowest BCUT2D eigenvalue weighted by Crippen LogP contribution is -2.35. The number of rotatable bonds is 4. The van der Waals surface area contributed by atoms with Gasteiger partial charge in [-0.3, -0.25) is 9.59 Å². The number of carbonyl (C=O) groups excluding carboxylic acids is 1. The molecule has 0 spiro atoms. The molecule has 0 atom stereocenters. The number of amides is 1. The molecule has 1 fully saturated rings. The molecule has 2 aromatic rings. The molecule has 2 aromatic heterocycles. The molecule has 116 valence electrons. The fraction of sp³-hybridized carbons (Fsp3) is 0.412.